The summed E-state index contributed by atoms with van der Waals surface area (Å²) in [6.07, 6.45) is 7.10. The topological polar surface area (TPSA) is 62.7 Å². The Morgan fingerprint density at radius 1 is 1.31 bits per heavy atom. The Bertz CT molecular complexity index is 1170. The van der Waals surface area contributed by atoms with Crippen molar-refractivity contribution in [1.29, 1.82) is 0 Å². The van der Waals surface area contributed by atoms with Gasteiger partial charge in [0.25, 0.3) is 0 Å². The van der Waals surface area contributed by atoms with Gasteiger partial charge in [0.15, 0.2) is 0 Å². The van der Waals surface area contributed by atoms with Crippen molar-refractivity contribution in [1.82, 2.24) is 9.88 Å². The van der Waals surface area contributed by atoms with E-state index in [9.17, 15) is 9.90 Å². The van der Waals surface area contributed by atoms with Crippen molar-refractivity contribution in [3.8, 4) is 5.75 Å². The third-order valence-electron chi connectivity index (χ3n) is 7.21. The highest BCUT2D eigenvalue weighted by Gasteiger charge is 2.36. The summed E-state index contributed by atoms with van der Waals surface area (Å²) < 4.78 is 5.39. The summed E-state index contributed by atoms with van der Waals surface area (Å²) in [5, 5.41) is 15.5. The number of ether oxygens (including phenoxy) is 1. The quantitative estimate of drug-likeness (QED) is 0.221. The zero-order chi connectivity index (χ0) is 24.8. The summed E-state index contributed by atoms with van der Waals surface area (Å²) in [6.45, 7) is 2.75. The molecule has 2 aromatic heterocycles. The van der Waals surface area contributed by atoms with Crippen molar-refractivity contribution in [2.75, 3.05) is 26.7 Å². The van der Waals surface area contributed by atoms with E-state index < -0.39 is 5.97 Å². The lowest BCUT2D eigenvalue weighted by Gasteiger charge is -2.41. The van der Waals surface area contributed by atoms with E-state index in [1.807, 2.05) is 18.2 Å². The molecule has 1 saturated heterocycles. The second-order valence-corrected chi connectivity index (χ2v) is 11.1. The molecular formula is C27H31ClN2O3S2. The summed E-state index contributed by atoms with van der Waals surface area (Å²) in [4.78, 5) is 19.6. The normalized spacial score (nSPS) is 15.8. The lowest BCUT2D eigenvalue weighted by molar-refractivity contribution is -0.140. The highest BCUT2D eigenvalue weighted by molar-refractivity contribution is 7.80. The van der Waals surface area contributed by atoms with Gasteiger partial charge < -0.3 is 14.7 Å². The Morgan fingerprint density at radius 2 is 2.11 bits per heavy atom. The first-order valence-corrected chi connectivity index (χ1v) is 13.7. The van der Waals surface area contributed by atoms with Crippen molar-refractivity contribution in [2.45, 2.75) is 44.9 Å². The van der Waals surface area contributed by atoms with Crippen LogP contribution in [0.3, 0.4) is 0 Å². The number of hydrogen-bond acceptors (Lipinski definition) is 6. The number of halogens is 1. The predicted molar refractivity (Wildman–Crippen MR) is 147 cm³/mol. The molecule has 8 heteroatoms. The van der Waals surface area contributed by atoms with E-state index in [1.54, 1.807) is 24.6 Å². The van der Waals surface area contributed by atoms with Gasteiger partial charge in [-0.3, -0.25) is 9.78 Å². The smallest absolute Gasteiger partial charge is 0.303 e. The molecule has 1 aliphatic heterocycles. The largest absolute Gasteiger partial charge is 0.497 e. The number of aryl methyl sites for hydroxylation is 1. The molecule has 0 amide bonds. The fourth-order valence-electron chi connectivity index (χ4n) is 5.14. The van der Waals surface area contributed by atoms with E-state index in [1.165, 1.54) is 0 Å². The van der Waals surface area contributed by atoms with Crippen LogP contribution in [0.4, 0.5) is 0 Å². The van der Waals surface area contributed by atoms with Gasteiger partial charge in [-0.15, -0.1) is 0 Å². The molecule has 0 saturated carbocycles. The number of aromatic nitrogens is 1. The van der Waals surface area contributed by atoms with Crippen LogP contribution in [0.25, 0.3) is 10.9 Å². The molecule has 0 radical (unpaired) electrons. The average Bonchev–Trinajstić information content (AvgIpc) is 3.39. The number of thiophene rings is 1. The van der Waals surface area contributed by atoms with Crippen LogP contribution in [0.5, 0.6) is 5.75 Å². The molecule has 1 N–H and O–H groups in total. The lowest BCUT2D eigenvalue weighted by Crippen LogP contribution is -2.42. The van der Waals surface area contributed by atoms with E-state index in [4.69, 9.17) is 28.6 Å². The van der Waals surface area contributed by atoms with Gasteiger partial charge in [-0.05, 0) is 103 Å². The number of carbonyl (C=O) groups is 1. The van der Waals surface area contributed by atoms with Crippen LogP contribution < -0.4 is 4.74 Å². The molecule has 1 fully saturated rings. The number of carboxylic acid groups (broad SMARTS) is 1. The van der Waals surface area contributed by atoms with Crippen LogP contribution in [0, 0.1) is 5.41 Å². The molecule has 0 unspecified atom stereocenters. The van der Waals surface area contributed by atoms with Gasteiger partial charge in [0, 0.05) is 23.0 Å². The van der Waals surface area contributed by atoms with Gasteiger partial charge in [-0.1, -0.05) is 23.8 Å². The van der Waals surface area contributed by atoms with Gasteiger partial charge in [0.2, 0.25) is 0 Å². The SMILES string of the molecule is COc1ccc2ncc(Cl)c(CCCC3(CC(=O)O)CCN(CCC(=S)c4ccsc4)CC3)c2c1. The first-order chi connectivity index (χ1) is 16.9. The van der Waals surface area contributed by atoms with Crippen LogP contribution in [0.1, 0.15) is 49.7 Å². The fraction of sp³-hybridized carbons (Fsp3) is 0.444. The number of rotatable bonds is 11. The summed E-state index contributed by atoms with van der Waals surface area (Å²) in [6, 6.07) is 7.90. The van der Waals surface area contributed by atoms with Crippen LogP contribution >= 0.6 is 35.2 Å². The second-order valence-electron chi connectivity index (χ2n) is 9.42. The monoisotopic (exact) mass is 530 g/mol. The Morgan fingerprint density at radius 3 is 2.80 bits per heavy atom. The summed E-state index contributed by atoms with van der Waals surface area (Å²) in [5.74, 6) is 0.0604. The minimum Gasteiger partial charge on any atom is -0.497 e. The molecule has 4 rings (SSSR count). The zero-order valence-corrected chi connectivity index (χ0v) is 22.4. The molecule has 3 heterocycles. The van der Waals surface area contributed by atoms with Crippen molar-refractivity contribution in [3.05, 3.63) is 57.4 Å². The van der Waals surface area contributed by atoms with Crippen LogP contribution in [0.2, 0.25) is 5.02 Å². The number of hydrogen-bond donors (Lipinski definition) is 1. The molecule has 35 heavy (non-hydrogen) atoms. The van der Waals surface area contributed by atoms with E-state index in [2.05, 4.69) is 26.7 Å². The second kappa shape index (κ2) is 11.8. The predicted octanol–water partition coefficient (Wildman–Crippen LogP) is 6.65. The number of piperidine rings is 1. The number of likely N-dealkylation sites (tertiary alicyclic amines) is 1. The van der Waals surface area contributed by atoms with Crippen molar-refractivity contribution in [3.63, 3.8) is 0 Å². The number of aliphatic carboxylic acids is 1. The molecule has 0 aliphatic carbocycles. The van der Waals surface area contributed by atoms with Crippen molar-refractivity contribution in [2.24, 2.45) is 5.41 Å². The average molecular weight is 531 g/mol. The summed E-state index contributed by atoms with van der Waals surface area (Å²) in [7, 11) is 1.65. The number of methoxy groups -OCH3 is 1. The zero-order valence-electron chi connectivity index (χ0n) is 20.0. The van der Waals surface area contributed by atoms with Crippen molar-refractivity contribution >= 4 is 56.9 Å². The lowest BCUT2D eigenvalue weighted by atomic mass is 9.72. The van der Waals surface area contributed by atoms with E-state index >= 15 is 0 Å². The molecule has 1 aromatic carbocycles. The highest BCUT2D eigenvalue weighted by Crippen LogP contribution is 2.40. The Kier molecular flexibility index (Phi) is 8.76. The Balaban J connectivity index is 1.37. The number of nitrogens with zero attached hydrogens (tertiary/aromatic N) is 2. The summed E-state index contributed by atoms with van der Waals surface area (Å²) in [5.41, 5.74) is 2.92. The van der Waals surface area contributed by atoms with Gasteiger partial charge in [0.05, 0.1) is 24.1 Å². The van der Waals surface area contributed by atoms with E-state index in [0.717, 1.165) is 90.8 Å². The minimum atomic E-state index is -0.714. The fourth-order valence-corrected chi connectivity index (χ4v) is 6.35. The van der Waals surface area contributed by atoms with Gasteiger partial charge in [0.1, 0.15) is 5.75 Å². The molecule has 0 spiro atoms. The van der Waals surface area contributed by atoms with E-state index in [0.29, 0.717) is 5.02 Å². The van der Waals surface area contributed by atoms with Gasteiger partial charge >= 0.3 is 5.97 Å². The molecule has 3 aromatic rings. The first kappa shape index (κ1) is 26.0. The molecule has 1 aliphatic rings. The van der Waals surface area contributed by atoms with Gasteiger partial charge in [-0.2, -0.15) is 11.3 Å². The van der Waals surface area contributed by atoms with Gasteiger partial charge in [-0.25, -0.2) is 0 Å². The van der Waals surface area contributed by atoms with Crippen LogP contribution in [-0.4, -0.2) is 52.6 Å². The third-order valence-corrected chi connectivity index (χ3v) is 8.66. The maximum absolute atomic E-state index is 11.8. The maximum atomic E-state index is 11.8. The van der Waals surface area contributed by atoms with Crippen molar-refractivity contribution < 1.29 is 14.6 Å². The highest BCUT2D eigenvalue weighted by atomic mass is 35.5. The minimum absolute atomic E-state index is 0.177. The third kappa shape index (κ3) is 6.58. The molecular weight excluding hydrogens is 500 g/mol. The molecule has 0 bridgehead atoms. The molecule has 5 nitrogen and oxygen atoms in total. The number of pyridine rings is 1. The number of carboxylic acids is 1. The number of benzene rings is 1. The van der Waals surface area contributed by atoms with E-state index in [-0.39, 0.29) is 11.8 Å². The Labute approximate surface area is 221 Å². The van der Waals surface area contributed by atoms with Crippen LogP contribution in [0.15, 0.2) is 41.2 Å². The number of thiocarbonyl (C=S) groups is 1. The Hall–Kier alpha value is -2.06. The standard InChI is InChI=1S/C27H31ClN2O3S2/c1-33-20-4-5-24-22(15-20)21(23(28)17-29-24)3-2-8-27(16-26(31)32)9-12-30(13-10-27)11-6-25(34)19-7-14-35-18-19/h4-5,7,14-15,17-18H,2-3,6,8-13,16H2,1H3,(H,31,32). The maximum Gasteiger partial charge on any atom is 0.303 e. The summed E-state index contributed by atoms with van der Waals surface area (Å²) >= 11 is 13.8. The first-order valence-electron chi connectivity index (χ1n) is 12.0. The number of fused-ring (bicyclic) bond motifs is 1. The molecule has 0 atom stereocenters. The molecule has 186 valence electrons. The van der Waals surface area contributed by atoms with Crippen LogP contribution in [-0.2, 0) is 11.2 Å².